The van der Waals surface area contributed by atoms with Gasteiger partial charge in [-0.1, -0.05) is 20.8 Å². The van der Waals surface area contributed by atoms with Crippen LogP contribution in [0.3, 0.4) is 0 Å². The standard InChI is InChI=1S/C19H36N2O2/c1-15-10-16(13-18(2,3)12-15)11-17(22)21-8-6-20(7-9-21)14-19(4,5)23/h15-16,23H,6-14H2,1-5H3/t15-,16+/m0/s1. The van der Waals surface area contributed by atoms with Crippen LogP contribution in [0.25, 0.3) is 0 Å². The summed E-state index contributed by atoms with van der Waals surface area (Å²) < 4.78 is 0. The summed E-state index contributed by atoms with van der Waals surface area (Å²) in [6.07, 6.45) is 4.39. The Balaban J connectivity index is 1.79. The van der Waals surface area contributed by atoms with Gasteiger partial charge in [-0.15, -0.1) is 0 Å². The maximum absolute atomic E-state index is 12.6. The van der Waals surface area contributed by atoms with Gasteiger partial charge in [-0.25, -0.2) is 0 Å². The number of amides is 1. The van der Waals surface area contributed by atoms with E-state index in [1.54, 1.807) is 0 Å². The molecule has 0 aromatic rings. The molecule has 4 heteroatoms. The van der Waals surface area contributed by atoms with E-state index in [-0.39, 0.29) is 0 Å². The fourth-order valence-electron chi connectivity index (χ4n) is 4.78. The Bertz CT molecular complexity index is 406. The predicted octanol–water partition coefficient (Wildman–Crippen LogP) is 2.75. The maximum atomic E-state index is 12.6. The Morgan fingerprint density at radius 2 is 1.78 bits per heavy atom. The van der Waals surface area contributed by atoms with Gasteiger partial charge in [-0.05, 0) is 50.4 Å². The second-order valence-corrected chi connectivity index (χ2v) is 9.45. The molecule has 0 bridgehead atoms. The topological polar surface area (TPSA) is 43.8 Å². The second-order valence-electron chi connectivity index (χ2n) is 9.45. The Morgan fingerprint density at radius 3 is 2.30 bits per heavy atom. The molecule has 0 spiro atoms. The minimum absolute atomic E-state index is 0.336. The van der Waals surface area contributed by atoms with Gasteiger partial charge in [-0.3, -0.25) is 9.69 Å². The molecular weight excluding hydrogens is 288 g/mol. The number of carbonyl (C=O) groups excluding carboxylic acids is 1. The van der Waals surface area contributed by atoms with Crippen molar-refractivity contribution in [2.75, 3.05) is 32.7 Å². The van der Waals surface area contributed by atoms with Crippen LogP contribution in [0.15, 0.2) is 0 Å². The monoisotopic (exact) mass is 324 g/mol. The lowest BCUT2D eigenvalue weighted by Crippen LogP contribution is -2.52. The molecule has 2 aliphatic rings. The molecule has 0 unspecified atom stereocenters. The first-order valence-electron chi connectivity index (χ1n) is 9.27. The van der Waals surface area contributed by atoms with Crippen LogP contribution in [0.5, 0.6) is 0 Å². The van der Waals surface area contributed by atoms with Crippen molar-refractivity contribution in [3.63, 3.8) is 0 Å². The molecule has 0 radical (unpaired) electrons. The number of hydrogen-bond donors (Lipinski definition) is 1. The molecular formula is C19H36N2O2. The largest absolute Gasteiger partial charge is 0.389 e. The molecule has 1 saturated heterocycles. The van der Waals surface area contributed by atoms with E-state index in [1.807, 2.05) is 18.7 Å². The summed E-state index contributed by atoms with van der Waals surface area (Å²) in [5.74, 6) is 1.62. The van der Waals surface area contributed by atoms with Crippen LogP contribution >= 0.6 is 0 Å². The molecule has 1 heterocycles. The summed E-state index contributed by atoms with van der Waals surface area (Å²) in [7, 11) is 0. The fourth-order valence-corrected chi connectivity index (χ4v) is 4.78. The van der Waals surface area contributed by atoms with Crippen molar-refractivity contribution in [3.05, 3.63) is 0 Å². The summed E-state index contributed by atoms with van der Waals surface area (Å²) in [6, 6.07) is 0. The molecule has 1 aliphatic carbocycles. The van der Waals surface area contributed by atoms with Crippen LogP contribution in [0.2, 0.25) is 0 Å². The van der Waals surface area contributed by atoms with Crippen molar-refractivity contribution < 1.29 is 9.90 Å². The first kappa shape index (κ1) is 18.7. The Labute approximate surface area is 142 Å². The molecule has 23 heavy (non-hydrogen) atoms. The molecule has 0 aromatic heterocycles. The molecule has 134 valence electrons. The SMILES string of the molecule is C[C@H]1C[C@H](CC(=O)N2CCN(CC(C)(C)O)CC2)CC(C)(C)C1. The average Bonchev–Trinajstić information content (AvgIpc) is 2.34. The van der Waals surface area contributed by atoms with E-state index in [4.69, 9.17) is 0 Å². The van der Waals surface area contributed by atoms with Crippen molar-refractivity contribution in [1.82, 2.24) is 9.80 Å². The van der Waals surface area contributed by atoms with Gasteiger partial charge in [-0.2, -0.15) is 0 Å². The van der Waals surface area contributed by atoms with E-state index >= 15 is 0 Å². The Morgan fingerprint density at radius 1 is 1.17 bits per heavy atom. The van der Waals surface area contributed by atoms with Gasteiger partial charge < -0.3 is 10.0 Å². The van der Waals surface area contributed by atoms with E-state index in [1.165, 1.54) is 19.3 Å². The van der Waals surface area contributed by atoms with Crippen molar-refractivity contribution in [2.45, 2.75) is 65.9 Å². The Hall–Kier alpha value is -0.610. The molecule has 1 N–H and O–H groups in total. The third-order valence-corrected chi connectivity index (χ3v) is 5.28. The highest BCUT2D eigenvalue weighted by molar-refractivity contribution is 5.76. The molecule has 1 saturated carbocycles. The molecule has 2 atom stereocenters. The zero-order valence-corrected chi connectivity index (χ0v) is 15.8. The minimum atomic E-state index is -0.657. The highest BCUT2D eigenvalue weighted by atomic mass is 16.3. The predicted molar refractivity (Wildman–Crippen MR) is 94.2 cm³/mol. The third kappa shape index (κ3) is 6.07. The first-order valence-corrected chi connectivity index (χ1v) is 9.27. The van der Waals surface area contributed by atoms with E-state index in [9.17, 15) is 9.90 Å². The lowest BCUT2D eigenvalue weighted by Gasteiger charge is -2.41. The normalized spacial score (nSPS) is 29.6. The quantitative estimate of drug-likeness (QED) is 0.865. The lowest BCUT2D eigenvalue weighted by atomic mass is 9.67. The van der Waals surface area contributed by atoms with Gasteiger partial charge in [0.15, 0.2) is 0 Å². The summed E-state index contributed by atoms with van der Waals surface area (Å²) in [5, 5.41) is 9.91. The zero-order valence-electron chi connectivity index (χ0n) is 15.8. The first-order chi connectivity index (χ1) is 10.5. The molecule has 2 rings (SSSR count). The van der Waals surface area contributed by atoms with Crippen LogP contribution in [0.4, 0.5) is 0 Å². The van der Waals surface area contributed by atoms with Gasteiger partial charge in [0.1, 0.15) is 0 Å². The number of nitrogens with zero attached hydrogens (tertiary/aromatic N) is 2. The molecule has 4 nitrogen and oxygen atoms in total. The van der Waals surface area contributed by atoms with Crippen LogP contribution in [0.1, 0.15) is 60.3 Å². The van der Waals surface area contributed by atoms with Crippen molar-refractivity contribution in [1.29, 1.82) is 0 Å². The highest BCUT2D eigenvalue weighted by Crippen LogP contribution is 2.42. The molecule has 1 amide bonds. The molecule has 2 fully saturated rings. The third-order valence-electron chi connectivity index (χ3n) is 5.28. The lowest BCUT2D eigenvalue weighted by molar-refractivity contribution is -0.135. The summed E-state index contributed by atoms with van der Waals surface area (Å²) in [6.45, 7) is 14.8. The minimum Gasteiger partial charge on any atom is -0.389 e. The molecule has 0 aromatic carbocycles. The fraction of sp³-hybridized carbons (Fsp3) is 0.947. The van der Waals surface area contributed by atoms with E-state index in [0.29, 0.717) is 23.8 Å². The van der Waals surface area contributed by atoms with Crippen LogP contribution in [-0.2, 0) is 4.79 Å². The molecule has 1 aliphatic heterocycles. The number of piperazine rings is 1. The highest BCUT2D eigenvalue weighted by Gasteiger charge is 2.34. The number of hydrogen-bond acceptors (Lipinski definition) is 3. The van der Waals surface area contributed by atoms with E-state index < -0.39 is 5.60 Å². The summed E-state index contributed by atoms with van der Waals surface area (Å²) in [4.78, 5) is 16.9. The van der Waals surface area contributed by atoms with Crippen LogP contribution in [0, 0.1) is 17.3 Å². The van der Waals surface area contributed by atoms with Crippen molar-refractivity contribution >= 4 is 5.91 Å². The number of β-amino-alcohol motifs (C(OH)–C–C–N with tert-alkyl or cyclic N) is 1. The van der Waals surface area contributed by atoms with Gasteiger partial charge in [0.25, 0.3) is 0 Å². The number of aliphatic hydroxyl groups is 1. The van der Waals surface area contributed by atoms with E-state index in [0.717, 1.165) is 38.5 Å². The van der Waals surface area contributed by atoms with Crippen molar-refractivity contribution in [2.24, 2.45) is 17.3 Å². The van der Waals surface area contributed by atoms with Gasteiger partial charge >= 0.3 is 0 Å². The number of rotatable bonds is 4. The maximum Gasteiger partial charge on any atom is 0.222 e. The van der Waals surface area contributed by atoms with E-state index in [2.05, 4.69) is 25.7 Å². The van der Waals surface area contributed by atoms with Crippen LogP contribution < -0.4 is 0 Å². The van der Waals surface area contributed by atoms with Crippen molar-refractivity contribution in [3.8, 4) is 0 Å². The Kier molecular flexibility index (Phi) is 5.78. The van der Waals surface area contributed by atoms with Crippen LogP contribution in [-0.4, -0.2) is 59.1 Å². The van der Waals surface area contributed by atoms with Gasteiger partial charge in [0.2, 0.25) is 5.91 Å². The van der Waals surface area contributed by atoms with Gasteiger partial charge in [0.05, 0.1) is 5.60 Å². The second kappa shape index (κ2) is 7.10. The summed E-state index contributed by atoms with van der Waals surface area (Å²) in [5.41, 5.74) is -0.274. The average molecular weight is 325 g/mol. The smallest absolute Gasteiger partial charge is 0.222 e. The zero-order chi connectivity index (χ0) is 17.3. The number of carbonyl (C=O) groups is 1. The summed E-state index contributed by atoms with van der Waals surface area (Å²) >= 11 is 0. The van der Waals surface area contributed by atoms with Gasteiger partial charge in [0, 0.05) is 39.1 Å².